The predicted molar refractivity (Wildman–Crippen MR) is 132 cm³/mol. The molecule has 2 aromatic carbocycles. The summed E-state index contributed by atoms with van der Waals surface area (Å²) in [5.74, 6) is 1.03. The van der Waals surface area contributed by atoms with E-state index in [4.69, 9.17) is 4.74 Å². The Morgan fingerprint density at radius 2 is 1.79 bits per heavy atom. The zero-order valence-electron chi connectivity index (χ0n) is 19.5. The summed E-state index contributed by atoms with van der Waals surface area (Å²) < 4.78 is 7.53. The van der Waals surface area contributed by atoms with Crippen molar-refractivity contribution < 1.29 is 9.53 Å². The van der Waals surface area contributed by atoms with E-state index in [1.165, 1.54) is 22.9 Å². The Labute approximate surface area is 199 Å². The molecule has 0 saturated carbocycles. The van der Waals surface area contributed by atoms with Crippen molar-refractivity contribution in [3.63, 3.8) is 0 Å². The molecule has 4 rings (SSSR count). The molecule has 3 aromatic rings. The molecule has 1 aromatic heterocycles. The average molecular weight is 466 g/mol. The van der Waals surface area contributed by atoms with Gasteiger partial charge in [-0.1, -0.05) is 60.6 Å². The molecule has 1 aliphatic heterocycles. The summed E-state index contributed by atoms with van der Waals surface area (Å²) in [6.45, 7) is 9.08. The number of benzene rings is 2. The molecule has 0 radical (unpaired) electrons. The van der Waals surface area contributed by atoms with Crippen LogP contribution < -0.4 is 10.2 Å². The van der Waals surface area contributed by atoms with Crippen LogP contribution in [-0.2, 0) is 16.0 Å². The Morgan fingerprint density at radius 1 is 1.09 bits per heavy atom. The molecule has 33 heavy (non-hydrogen) atoms. The van der Waals surface area contributed by atoms with Crippen LogP contribution in [0.5, 0.6) is 0 Å². The number of hydrogen-bond acceptors (Lipinski definition) is 6. The number of ether oxygens (including phenoxy) is 1. The molecular weight excluding hydrogens is 434 g/mol. The molecule has 1 N–H and O–H groups in total. The Hall–Kier alpha value is -2.84. The lowest BCUT2D eigenvalue weighted by Gasteiger charge is -2.28. The molecule has 1 saturated heterocycles. The second-order valence-corrected chi connectivity index (χ2v) is 9.17. The van der Waals surface area contributed by atoms with Crippen LogP contribution in [0.15, 0.2) is 53.7 Å². The van der Waals surface area contributed by atoms with Gasteiger partial charge in [0.05, 0.1) is 30.7 Å². The second-order valence-electron chi connectivity index (χ2n) is 8.23. The van der Waals surface area contributed by atoms with Gasteiger partial charge in [0, 0.05) is 13.1 Å². The molecule has 0 bridgehead atoms. The van der Waals surface area contributed by atoms with E-state index < -0.39 is 0 Å². The molecule has 1 amide bonds. The molecule has 1 aliphatic rings. The molecular formula is C25H31N5O2S. The fourth-order valence-corrected chi connectivity index (χ4v) is 4.54. The minimum atomic E-state index is -0.0529. The fraction of sp³-hybridized carbons (Fsp3) is 0.400. The van der Waals surface area contributed by atoms with Crippen LogP contribution in [0.3, 0.4) is 0 Å². The van der Waals surface area contributed by atoms with Gasteiger partial charge in [0.15, 0.2) is 5.16 Å². The largest absolute Gasteiger partial charge is 0.378 e. The highest BCUT2D eigenvalue weighted by Gasteiger charge is 2.22. The first kappa shape index (κ1) is 23.3. The van der Waals surface area contributed by atoms with Gasteiger partial charge >= 0.3 is 0 Å². The minimum Gasteiger partial charge on any atom is -0.378 e. The lowest BCUT2D eigenvalue weighted by atomic mass is 10.1. The molecule has 1 unspecified atom stereocenters. The van der Waals surface area contributed by atoms with E-state index in [2.05, 4.69) is 82.8 Å². The van der Waals surface area contributed by atoms with E-state index in [9.17, 15) is 4.79 Å². The van der Waals surface area contributed by atoms with Crippen molar-refractivity contribution in [2.24, 2.45) is 0 Å². The normalized spacial score (nSPS) is 14.8. The van der Waals surface area contributed by atoms with Gasteiger partial charge in [-0.3, -0.25) is 9.36 Å². The highest BCUT2D eigenvalue weighted by Crippen LogP contribution is 2.27. The van der Waals surface area contributed by atoms with E-state index in [-0.39, 0.29) is 17.7 Å². The summed E-state index contributed by atoms with van der Waals surface area (Å²) in [6, 6.07) is 16.6. The van der Waals surface area contributed by atoms with Crippen molar-refractivity contribution in [1.29, 1.82) is 0 Å². The number of amides is 1. The van der Waals surface area contributed by atoms with Crippen molar-refractivity contribution in [3.05, 3.63) is 65.2 Å². The number of nitrogens with zero attached hydrogens (tertiary/aromatic N) is 4. The highest BCUT2D eigenvalue weighted by atomic mass is 32.2. The van der Waals surface area contributed by atoms with Gasteiger partial charge in [-0.25, -0.2) is 0 Å². The number of aryl methyl sites for hydroxylation is 2. The molecule has 174 valence electrons. The maximum absolute atomic E-state index is 12.7. The first-order valence-corrected chi connectivity index (χ1v) is 12.4. The van der Waals surface area contributed by atoms with Crippen molar-refractivity contribution in [2.75, 3.05) is 37.0 Å². The first-order chi connectivity index (χ1) is 16.0. The summed E-state index contributed by atoms with van der Waals surface area (Å²) in [4.78, 5) is 14.9. The SMILES string of the molecule is CCc1ccc(C(C)NC(=O)CSc2nnc(N3CCOCC3)n2-c2ccc(C)cc2)cc1. The van der Waals surface area contributed by atoms with Gasteiger partial charge in [-0.05, 0) is 43.5 Å². The van der Waals surface area contributed by atoms with Crippen molar-refractivity contribution in [2.45, 2.75) is 38.4 Å². The second kappa shape index (κ2) is 10.9. The third-order valence-electron chi connectivity index (χ3n) is 5.80. The van der Waals surface area contributed by atoms with Crippen molar-refractivity contribution in [3.8, 4) is 5.69 Å². The van der Waals surface area contributed by atoms with Crippen LogP contribution in [0, 0.1) is 6.92 Å². The monoisotopic (exact) mass is 465 g/mol. The number of aromatic nitrogens is 3. The van der Waals surface area contributed by atoms with Crippen LogP contribution in [0.2, 0.25) is 0 Å². The minimum absolute atomic E-state index is 0.0292. The third kappa shape index (κ3) is 5.75. The molecule has 7 nitrogen and oxygen atoms in total. The number of hydrogen-bond donors (Lipinski definition) is 1. The number of rotatable bonds is 8. The van der Waals surface area contributed by atoms with Gasteiger partial charge in [0.25, 0.3) is 0 Å². The van der Waals surface area contributed by atoms with Crippen LogP contribution in [0.4, 0.5) is 5.95 Å². The number of nitrogens with one attached hydrogen (secondary N) is 1. The zero-order chi connectivity index (χ0) is 23.2. The lowest BCUT2D eigenvalue weighted by molar-refractivity contribution is -0.119. The van der Waals surface area contributed by atoms with Gasteiger partial charge in [0.1, 0.15) is 0 Å². The molecule has 0 spiro atoms. The third-order valence-corrected chi connectivity index (χ3v) is 6.73. The molecule has 1 atom stereocenters. The Kier molecular flexibility index (Phi) is 7.67. The smallest absolute Gasteiger partial charge is 0.232 e. The summed E-state index contributed by atoms with van der Waals surface area (Å²) in [7, 11) is 0. The standard InChI is InChI=1S/C25H31N5O2S/c1-4-20-7-9-21(10-8-20)19(3)26-23(31)17-33-25-28-27-24(29-13-15-32-16-14-29)30(25)22-11-5-18(2)6-12-22/h5-12,19H,4,13-17H2,1-3H3,(H,26,31). The number of carbonyl (C=O) groups excluding carboxylic acids is 1. The van der Waals surface area contributed by atoms with Crippen LogP contribution in [-0.4, -0.2) is 52.7 Å². The van der Waals surface area contributed by atoms with E-state index >= 15 is 0 Å². The number of morpholine rings is 1. The summed E-state index contributed by atoms with van der Waals surface area (Å²) in [5.41, 5.74) is 4.57. The Balaban J connectivity index is 1.47. The molecule has 8 heteroatoms. The van der Waals surface area contributed by atoms with Crippen LogP contribution >= 0.6 is 11.8 Å². The lowest BCUT2D eigenvalue weighted by Crippen LogP contribution is -2.37. The molecule has 1 fully saturated rings. The number of carbonyl (C=O) groups is 1. The summed E-state index contributed by atoms with van der Waals surface area (Å²) in [5, 5.41) is 12.7. The maximum atomic E-state index is 12.7. The summed E-state index contributed by atoms with van der Waals surface area (Å²) in [6.07, 6.45) is 1.01. The Bertz CT molecular complexity index is 1060. The van der Waals surface area contributed by atoms with E-state index in [1.807, 2.05) is 11.5 Å². The van der Waals surface area contributed by atoms with Crippen LogP contribution in [0.25, 0.3) is 5.69 Å². The van der Waals surface area contributed by atoms with E-state index in [1.54, 1.807) is 0 Å². The van der Waals surface area contributed by atoms with Crippen LogP contribution in [0.1, 0.15) is 36.6 Å². The van der Waals surface area contributed by atoms with E-state index in [0.29, 0.717) is 18.4 Å². The number of thioether (sulfide) groups is 1. The van der Waals surface area contributed by atoms with Crippen molar-refractivity contribution >= 4 is 23.6 Å². The van der Waals surface area contributed by atoms with Gasteiger partial charge in [-0.2, -0.15) is 0 Å². The van der Waals surface area contributed by atoms with Gasteiger partial charge in [-0.15, -0.1) is 10.2 Å². The average Bonchev–Trinajstić information content (AvgIpc) is 3.28. The Morgan fingerprint density at radius 3 is 2.45 bits per heavy atom. The summed E-state index contributed by atoms with van der Waals surface area (Å²) >= 11 is 1.40. The fourth-order valence-electron chi connectivity index (χ4n) is 3.78. The predicted octanol–water partition coefficient (Wildman–Crippen LogP) is 3.94. The van der Waals surface area contributed by atoms with E-state index in [0.717, 1.165) is 36.7 Å². The zero-order valence-corrected chi connectivity index (χ0v) is 20.3. The topological polar surface area (TPSA) is 72.3 Å². The quantitative estimate of drug-likeness (QED) is 0.508. The van der Waals surface area contributed by atoms with Gasteiger partial charge < -0.3 is 15.0 Å². The van der Waals surface area contributed by atoms with Gasteiger partial charge in [0.2, 0.25) is 11.9 Å². The number of anilines is 1. The molecule has 0 aliphatic carbocycles. The maximum Gasteiger partial charge on any atom is 0.232 e. The van der Waals surface area contributed by atoms with Crippen molar-refractivity contribution in [1.82, 2.24) is 20.1 Å². The highest BCUT2D eigenvalue weighted by molar-refractivity contribution is 7.99. The molecule has 2 heterocycles. The first-order valence-electron chi connectivity index (χ1n) is 11.4.